The van der Waals surface area contributed by atoms with Crippen LogP contribution >= 0.6 is 23.2 Å². The van der Waals surface area contributed by atoms with Crippen LogP contribution in [0.3, 0.4) is 0 Å². The second-order valence-corrected chi connectivity index (χ2v) is 7.43. The summed E-state index contributed by atoms with van der Waals surface area (Å²) in [4.78, 5) is 25.8. The zero-order chi connectivity index (χ0) is 20.8. The van der Waals surface area contributed by atoms with E-state index in [1.54, 1.807) is 35.8 Å². The summed E-state index contributed by atoms with van der Waals surface area (Å²) in [7, 11) is 1.30. The van der Waals surface area contributed by atoms with Crippen LogP contribution in [0.25, 0.3) is 10.9 Å². The van der Waals surface area contributed by atoms with Gasteiger partial charge in [0.1, 0.15) is 5.69 Å². The first-order valence-electron chi connectivity index (χ1n) is 9.03. The highest BCUT2D eigenvalue weighted by Gasteiger charge is 2.65. The number of nitrogens with one attached hydrogen (secondary N) is 1. The van der Waals surface area contributed by atoms with E-state index in [0.717, 1.165) is 5.39 Å². The van der Waals surface area contributed by atoms with Gasteiger partial charge < -0.3 is 14.0 Å². The third-order valence-corrected chi connectivity index (χ3v) is 5.69. The number of hydrogen-bond donors (Lipinski definition) is 1. The first-order valence-corrected chi connectivity index (χ1v) is 9.79. The third-order valence-electron chi connectivity index (χ3n) is 5.03. The van der Waals surface area contributed by atoms with E-state index in [4.69, 9.17) is 32.7 Å². The number of nitrogens with zero attached hydrogens (tertiary/aromatic N) is 1. The molecule has 0 saturated carbocycles. The van der Waals surface area contributed by atoms with Gasteiger partial charge in [-0.2, -0.15) is 0 Å². The molecule has 1 saturated heterocycles. The van der Waals surface area contributed by atoms with Crippen LogP contribution in [0.15, 0.2) is 48.5 Å². The topological polar surface area (TPSA) is 79.5 Å². The molecule has 150 valence electrons. The molecule has 0 radical (unpaired) electrons. The van der Waals surface area contributed by atoms with Crippen molar-refractivity contribution >= 4 is 46.0 Å². The zero-order valence-electron chi connectivity index (χ0n) is 15.7. The summed E-state index contributed by atoms with van der Waals surface area (Å²) in [5.74, 6) is -1.10. The zero-order valence-corrected chi connectivity index (χ0v) is 17.3. The van der Waals surface area contributed by atoms with E-state index in [1.807, 2.05) is 24.3 Å². The summed E-state index contributed by atoms with van der Waals surface area (Å²) in [6.07, 6.45) is 0. The molecule has 1 aliphatic heterocycles. The molecule has 2 aromatic carbocycles. The van der Waals surface area contributed by atoms with Gasteiger partial charge in [0.2, 0.25) is 5.66 Å². The van der Waals surface area contributed by atoms with Gasteiger partial charge in [0, 0.05) is 21.0 Å². The van der Waals surface area contributed by atoms with E-state index >= 15 is 0 Å². The van der Waals surface area contributed by atoms with Gasteiger partial charge in [0.05, 0.1) is 25.3 Å². The fourth-order valence-electron chi connectivity index (χ4n) is 3.75. The predicted molar refractivity (Wildman–Crippen MR) is 110 cm³/mol. The van der Waals surface area contributed by atoms with Crippen molar-refractivity contribution in [3.63, 3.8) is 0 Å². The van der Waals surface area contributed by atoms with Crippen molar-refractivity contribution in [3.8, 4) is 0 Å². The molecule has 3 aromatic rings. The molecule has 0 aliphatic carbocycles. The summed E-state index contributed by atoms with van der Waals surface area (Å²) in [6.45, 7) is 1.93. The van der Waals surface area contributed by atoms with Gasteiger partial charge in [0.25, 0.3) is 0 Å². The average Bonchev–Trinajstić information content (AvgIpc) is 3.30. The summed E-state index contributed by atoms with van der Waals surface area (Å²) in [5, 5.41) is 4.79. The number of halogens is 2. The Balaban J connectivity index is 1.97. The number of esters is 2. The Bertz CT molecular complexity index is 1110. The Morgan fingerprint density at radius 1 is 1.14 bits per heavy atom. The van der Waals surface area contributed by atoms with Crippen LogP contribution in [0.2, 0.25) is 10.0 Å². The number of carbonyl (C=O) groups excluding carboxylic acids is 2. The predicted octanol–water partition coefficient (Wildman–Crippen LogP) is 4.30. The molecule has 2 heterocycles. The monoisotopic (exact) mass is 432 g/mol. The van der Waals surface area contributed by atoms with Crippen molar-refractivity contribution in [1.82, 2.24) is 9.88 Å². The minimum Gasteiger partial charge on any atom is -0.466 e. The normalized spacial score (nSPS) is 20.5. The first kappa shape index (κ1) is 19.8. The van der Waals surface area contributed by atoms with Crippen molar-refractivity contribution in [1.29, 1.82) is 0 Å². The Labute approximate surface area is 177 Å². The molecule has 1 N–H and O–H groups in total. The van der Waals surface area contributed by atoms with Crippen LogP contribution in [0.1, 0.15) is 29.0 Å². The van der Waals surface area contributed by atoms with Crippen LogP contribution in [-0.2, 0) is 19.9 Å². The fourth-order valence-corrected chi connectivity index (χ4v) is 4.37. The number of hydrogen-bond acceptors (Lipinski definition) is 5. The molecule has 4 rings (SSSR count). The van der Waals surface area contributed by atoms with E-state index in [9.17, 15) is 9.59 Å². The number of carbonyl (C=O) groups is 2. The van der Waals surface area contributed by atoms with Crippen LogP contribution in [-0.4, -0.2) is 30.2 Å². The number of aromatic nitrogens is 1. The van der Waals surface area contributed by atoms with Gasteiger partial charge in [-0.15, -0.1) is 0 Å². The average molecular weight is 433 g/mol. The molecule has 0 bridgehead atoms. The Morgan fingerprint density at radius 3 is 2.48 bits per heavy atom. The molecule has 0 amide bonds. The van der Waals surface area contributed by atoms with Gasteiger partial charge in [-0.25, -0.2) is 9.59 Å². The third kappa shape index (κ3) is 2.99. The van der Waals surface area contributed by atoms with Crippen LogP contribution in [0, 0.1) is 0 Å². The number of fused-ring (bicyclic) bond motifs is 1. The SMILES string of the molecule is CCOC(=O)c1cc2ccccc2n1[C@]1(C(=O)OC)N[C@H]1c1c(Cl)cccc1Cl. The molecule has 1 aliphatic rings. The highest BCUT2D eigenvalue weighted by molar-refractivity contribution is 6.36. The second-order valence-electron chi connectivity index (χ2n) is 6.61. The standard InChI is InChI=1S/C21H18Cl2N2O4/c1-3-29-19(26)16-11-12-7-4-5-10-15(12)25(16)21(20(27)28-2)18(24-21)17-13(22)8-6-9-14(17)23/h4-11,18,24H,3H2,1-2H3/t18-,21+/m0/s1. The number of ether oxygens (including phenoxy) is 2. The van der Waals surface area contributed by atoms with Crippen molar-refractivity contribution in [3.05, 3.63) is 69.8 Å². The number of benzene rings is 2. The van der Waals surface area contributed by atoms with Gasteiger partial charge >= 0.3 is 11.9 Å². The van der Waals surface area contributed by atoms with Crippen molar-refractivity contribution in [2.75, 3.05) is 13.7 Å². The van der Waals surface area contributed by atoms with E-state index in [0.29, 0.717) is 21.1 Å². The molecular formula is C21H18Cl2N2O4. The van der Waals surface area contributed by atoms with Crippen LogP contribution in [0.5, 0.6) is 0 Å². The summed E-state index contributed by atoms with van der Waals surface area (Å²) < 4.78 is 12.0. The van der Waals surface area contributed by atoms with Crippen LogP contribution in [0.4, 0.5) is 0 Å². The molecule has 1 fully saturated rings. The lowest BCUT2D eigenvalue weighted by molar-refractivity contribution is -0.146. The number of methoxy groups -OCH3 is 1. The van der Waals surface area contributed by atoms with Crippen molar-refractivity contribution in [2.24, 2.45) is 0 Å². The van der Waals surface area contributed by atoms with Gasteiger partial charge in [-0.3, -0.25) is 5.32 Å². The molecule has 6 nitrogen and oxygen atoms in total. The lowest BCUT2D eigenvalue weighted by atomic mass is 10.0. The lowest BCUT2D eigenvalue weighted by Crippen LogP contribution is -2.36. The molecule has 8 heteroatoms. The molecule has 0 unspecified atom stereocenters. The highest BCUT2D eigenvalue weighted by Crippen LogP contribution is 2.52. The lowest BCUT2D eigenvalue weighted by Gasteiger charge is -2.20. The summed E-state index contributed by atoms with van der Waals surface area (Å²) >= 11 is 12.8. The Hall–Kier alpha value is -2.54. The van der Waals surface area contributed by atoms with E-state index in [-0.39, 0.29) is 12.3 Å². The van der Waals surface area contributed by atoms with E-state index in [2.05, 4.69) is 5.32 Å². The Kier molecular flexibility index (Phi) is 5.02. The van der Waals surface area contributed by atoms with Crippen molar-refractivity contribution in [2.45, 2.75) is 18.6 Å². The molecule has 0 spiro atoms. The highest BCUT2D eigenvalue weighted by atomic mass is 35.5. The van der Waals surface area contributed by atoms with E-state index < -0.39 is 23.6 Å². The maximum absolute atomic E-state index is 13.0. The minimum atomic E-state index is -1.38. The second kappa shape index (κ2) is 7.37. The first-order chi connectivity index (χ1) is 14.0. The molecule has 1 aromatic heterocycles. The molecule has 2 atom stereocenters. The van der Waals surface area contributed by atoms with Gasteiger partial charge in [-0.1, -0.05) is 47.5 Å². The summed E-state index contributed by atoms with van der Waals surface area (Å²) in [6, 6.07) is 13.6. The van der Waals surface area contributed by atoms with Gasteiger partial charge in [0.15, 0.2) is 0 Å². The molecular weight excluding hydrogens is 415 g/mol. The number of para-hydroxylation sites is 1. The minimum absolute atomic E-state index is 0.207. The quantitative estimate of drug-likeness (QED) is 0.480. The Morgan fingerprint density at radius 2 is 1.83 bits per heavy atom. The molecule has 29 heavy (non-hydrogen) atoms. The number of rotatable bonds is 5. The largest absolute Gasteiger partial charge is 0.466 e. The van der Waals surface area contributed by atoms with Gasteiger partial charge in [-0.05, 0) is 31.2 Å². The van der Waals surface area contributed by atoms with Crippen molar-refractivity contribution < 1.29 is 19.1 Å². The maximum Gasteiger partial charge on any atom is 0.355 e. The van der Waals surface area contributed by atoms with Crippen LogP contribution < -0.4 is 5.32 Å². The van der Waals surface area contributed by atoms with E-state index in [1.165, 1.54) is 7.11 Å². The summed E-state index contributed by atoms with van der Waals surface area (Å²) in [5.41, 5.74) is 0.0961. The smallest absolute Gasteiger partial charge is 0.355 e. The maximum atomic E-state index is 13.0. The fraction of sp³-hybridized carbons (Fsp3) is 0.238.